The second-order valence-corrected chi connectivity index (χ2v) is 8.43. The largest absolute Gasteiger partial charge is 0.342 e. The van der Waals surface area contributed by atoms with Gasteiger partial charge in [-0.2, -0.15) is 5.10 Å². The Morgan fingerprint density at radius 3 is 2.79 bits per heavy atom. The summed E-state index contributed by atoms with van der Waals surface area (Å²) in [6, 6.07) is 7.65. The molecule has 1 saturated heterocycles. The summed E-state index contributed by atoms with van der Waals surface area (Å²) in [5.41, 5.74) is 2.24. The van der Waals surface area contributed by atoms with Crippen LogP contribution in [0.4, 0.5) is 0 Å². The number of likely N-dealkylation sites (tertiary alicyclic amines) is 1. The van der Waals surface area contributed by atoms with Crippen molar-refractivity contribution in [2.45, 2.75) is 31.2 Å². The molecule has 2 aliphatic heterocycles. The molecule has 1 amide bonds. The summed E-state index contributed by atoms with van der Waals surface area (Å²) in [6.07, 6.45) is 4.02. The normalized spacial score (nSPS) is 23.7. The van der Waals surface area contributed by atoms with Crippen molar-refractivity contribution in [1.82, 2.24) is 24.1 Å². The molecule has 0 spiro atoms. The van der Waals surface area contributed by atoms with E-state index in [1.807, 2.05) is 47.4 Å². The van der Waals surface area contributed by atoms with E-state index in [2.05, 4.69) is 16.1 Å². The Morgan fingerprint density at radius 2 is 2.07 bits per heavy atom. The zero-order valence-electron chi connectivity index (χ0n) is 16.9. The standard InChI is InChI=1S/C21H29N5O2/c1-23(2)14-19-16-11-15(18-5-4-6-21(28)26(18)19)12-25(13-16)20(27)8-7-17-9-10-22-24(17)3/h4-6,9-10,15-16,19H,7-8,11-14H2,1-3H3/t15-,16+,19+/m1/s1. The molecule has 4 rings (SSSR count). The van der Waals surface area contributed by atoms with Gasteiger partial charge in [0.25, 0.3) is 5.56 Å². The Kier molecular flexibility index (Phi) is 5.10. The number of carbonyl (C=O) groups is 1. The van der Waals surface area contributed by atoms with Crippen LogP contribution in [-0.2, 0) is 18.3 Å². The second kappa shape index (κ2) is 7.54. The first-order valence-corrected chi connectivity index (χ1v) is 10.0. The molecule has 0 radical (unpaired) electrons. The van der Waals surface area contributed by atoms with Gasteiger partial charge < -0.3 is 14.4 Å². The lowest BCUT2D eigenvalue weighted by Gasteiger charge is -2.47. The van der Waals surface area contributed by atoms with E-state index in [1.165, 1.54) is 0 Å². The molecule has 3 atom stereocenters. The van der Waals surface area contributed by atoms with E-state index in [-0.39, 0.29) is 23.4 Å². The third-order valence-corrected chi connectivity index (χ3v) is 6.22. The van der Waals surface area contributed by atoms with E-state index in [0.717, 1.165) is 30.9 Å². The lowest BCUT2D eigenvalue weighted by Crippen LogP contribution is -2.52. The predicted molar refractivity (Wildman–Crippen MR) is 107 cm³/mol. The summed E-state index contributed by atoms with van der Waals surface area (Å²) in [6.45, 7) is 2.25. The Labute approximate surface area is 165 Å². The second-order valence-electron chi connectivity index (χ2n) is 8.43. The smallest absolute Gasteiger partial charge is 0.251 e. The number of fused-ring (bicyclic) bond motifs is 4. The third-order valence-electron chi connectivity index (χ3n) is 6.22. The Morgan fingerprint density at radius 1 is 1.25 bits per heavy atom. The monoisotopic (exact) mass is 383 g/mol. The molecule has 0 aromatic carbocycles. The quantitative estimate of drug-likeness (QED) is 0.780. The van der Waals surface area contributed by atoms with Crippen LogP contribution < -0.4 is 5.56 Å². The molecule has 28 heavy (non-hydrogen) atoms. The van der Waals surface area contributed by atoms with E-state index in [1.54, 1.807) is 12.3 Å². The number of amides is 1. The summed E-state index contributed by atoms with van der Waals surface area (Å²) in [5.74, 6) is 0.757. The third kappa shape index (κ3) is 3.51. The maximum atomic E-state index is 13.0. The fourth-order valence-corrected chi connectivity index (χ4v) is 4.89. The summed E-state index contributed by atoms with van der Waals surface area (Å²) in [4.78, 5) is 29.7. The van der Waals surface area contributed by atoms with Crippen LogP contribution >= 0.6 is 0 Å². The van der Waals surface area contributed by atoms with Crippen molar-refractivity contribution in [3.8, 4) is 0 Å². The van der Waals surface area contributed by atoms with Crippen LogP contribution in [0.15, 0.2) is 35.3 Å². The topological polar surface area (TPSA) is 63.4 Å². The highest BCUT2D eigenvalue weighted by Gasteiger charge is 2.41. The van der Waals surface area contributed by atoms with E-state index >= 15 is 0 Å². The number of likely N-dealkylation sites (N-methyl/N-ethyl adjacent to an activating group) is 1. The van der Waals surface area contributed by atoms with Crippen LogP contribution in [0.2, 0.25) is 0 Å². The molecule has 0 unspecified atom stereocenters. The molecule has 7 heteroatoms. The van der Waals surface area contributed by atoms with Crippen molar-refractivity contribution < 1.29 is 4.79 Å². The van der Waals surface area contributed by atoms with Crippen molar-refractivity contribution in [3.63, 3.8) is 0 Å². The molecular weight excluding hydrogens is 354 g/mol. The number of aromatic nitrogens is 3. The van der Waals surface area contributed by atoms with Crippen LogP contribution in [0.3, 0.4) is 0 Å². The first kappa shape index (κ1) is 18.9. The lowest BCUT2D eigenvalue weighted by atomic mass is 9.78. The summed E-state index contributed by atoms with van der Waals surface area (Å²) < 4.78 is 3.82. The highest BCUT2D eigenvalue weighted by molar-refractivity contribution is 5.76. The first-order chi connectivity index (χ1) is 13.4. The number of pyridine rings is 1. The summed E-state index contributed by atoms with van der Waals surface area (Å²) >= 11 is 0. The van der Waals surface area contributed by atoms with E-state index in [0.29, 0.717) is 25.3 Å². The minimum Gasteiger partial charge on any atom is -0.342 e. The molecule has 0 N–H and O–H groups in total. The van der Waals surface area contributed by atoms with Crippen LogP contribution in [0.5, 0.6) is 0 Å². The molecule has 2 bridgehead atoms. The van der Waals surface area contributed by atoms with Gasteiger partial charge in [-0.1, -0.05) is 6.07 Å². The Hall–Kier alpha value is -2.41. The van der Waals surface area contributed by atoms with Gasteiger partial charge in [-0.3, -0.25) is 14.3 Å². The van der Waals surface area contributed by atoms with Crippen LogP contribution in [0, 0.1) is 5.92 Å². The van der Waals surface area contributed by atoms with Crippen LogP contribution in [0.1, 0.15) is 36.2 Å². The molecule has 2 aromatic heterocycles. The average molecular weight is 383 g/mol. The SMILES string of the molecule is CN(C)C[C@H]1[C@H]2C[C@H](CN(C(=O)CCc3ccnn3C)C2)c2cccc(=O)n21. The van der Waals surface area contributed by atoms with E-state index < -0.39 is 0 Å². The molecule has 2 aromatic rings. The molecule has 0 saturated carbocycles. The highest BCUT2D eigenvalue weighted by atomic mass is 16.2. The molecule has 2 aliphatic rings. The Bertz CT molecular complexity index is 916. The van der Waals surface area contributed by atoms with E-state index in [4.69, 9.17) is 0 Å². The maximum absolute atomic E-state index is 13.0. The summed E-state index contributed by atoms with van der Waals surface area (Å²) in [7, 11) is 5.99. The lowest BCUT2D eigenvalue weighted by molar-refractivity contribution is -0.134. The fourth-order valence-electron chi connectivity index (χ4n) is 4.89. The fraction of sp³-hybridized carbons (Fsp3) is 0.571. The van der Waals surface area contributed by atoms with Gasteiger partial charge in [0.1, 0.15) is 0 Å². The van der Waals surface area contributed by atoms with E-state index in [9.17, 15) is 9.59 Å². The molecular formula is C21H29N5O2. The number of aryl methyl sites for hydroxylation is 2. The number of carbonyl (C=O) groups excluding carboxylic acids is 1. The molecule has 150 valence electrons. The number of hydrogen-bond donors (Lipinski definition) is 0. The van der Waals surface area contributed by atoms with Gasteiger partial charge in [0, 0.05) is 62.7 Å². The van der Waals surface area contributed by atoms with Gasteiger partial charge in [-0.15, -0.1) is 0 Å². The van der Waals surface area contributed by atoms with Crippen molar-refractivity contribution in [2.24, 2.45) is 13.0 Å². The van der Waals surface area contributed by atoms with Gasteiger partial charge in [0.05, 0.1) is 6.04 Å². The zero-order valence-corrected chi connectivity index (χ0v) is 16.9. The van der Waals surface area contributed by atoms with Crippen LogP contribution in [0.25, 0.3) is 0 Å². The van der Waals surface area contributed by atoms with Crippen molar-refractivity contribution in [3.05, 3.63) is 52.2 Å². The maximum Gasteiger partial charge on any atom is 0.251 e. The molecule has 4 heterocycles. The van der Waals surface area contributed by atoms with Crippen molar-refractivity contribution in [2.75, 3.05) is 33.7 Å². The first-order valence-electron chi connectivity index (χ1n) is 10.0. The number of hydrogen-bond acceptors (Lipinski definition) is 4. The predicted octanol–water partition coefficient (Wildman–Crippen LogP) is 1.26. The number of piperidine rings is 1. The molecule has 7 nitrogen and oxygen atoms in total. The zero-order chi connectivity index (χ0) is 19.8. The highest BCUT2D eigenvalue weighted by Crippen LogP contribution is 2.41. The molecule has 0 aliphatic carbocycles. The van der Waals surface area contributed by atoms with Crippen molar-refractivity contribution >= 4 is 5.91 Å². The number of rotatable bonds is 5. The van der Waals surface area contributed by atoms with Crippen LogP contribution in [-0.4, -0.2) is 63.8 Å². The van der Waals surface area contributed by atoms with Gasteiger partial charge in [-0.05, 0) is 45.0 Å². The Balaban J connectivity index is 1.55. The van der Waals surface area contributed by atoms with Gasteiger partial charge in [-0.25, -0.2) is 0 Å². The minimum absolute atomic E-state index is 0.0787. The molecule has 1 fully saturated rings. The summed E-state index contributed by atoms with van der Waals surface area (Å²) in [5, 5.41) is 4.18. The van der Waals surface area contributed by atoms with Gasteiger partial charge >= 0.3 is 0 Å². The minimum atomic E-state index is 0.0787. The van der Waals surface area contributed by atoms with Gasteiger partial charge in [0.2, 0.25) is 5.91 Å². The van der Waals surface area contributed by atoms with Gasteiger partial charge in [0.15, 0.2) is 0 Å². The number of nitrogens with zero attached hydrogens (tertiary/aromatic N) is 5. The van der Waals surface area contributed by atoms with Crippen molar-refractivity contribution in [1.29, 1.82) is 0 Å². The average Bonchev–Trinajstić information content (AvgIpc) is 3.08.